The van der Waals surface area contributed by atoms with Crippen LogP contribution in [-0.4, -0.2) is 57.6 Å². The maximum atomic E-state index is 13.3. The predicted octanol–water partition coefficient (Wildman–Crippen LogP) is 2.32. The lowest BCUT2D eigenvalue weighted by atomic mass is 9.92. The average Bonchev–Trinajstić information content (AvgIpc) is 3.50. The van der Waals surface area contributed by atoms with Gasteiger partial charge in [0, 0.05) is 11.9 Å². The summed E-state index contributed by atoms with van der Waals surface area (Å²) in [5.41, 5.74) is 4.42. The molecule has 1 saturated carbocycles. The molecule has 1 aliphatic heterocycles. The van der Waals surface area contributed by atoms with E-state index in [0.717, 1.165) is 36.6 Å². The first kappa shape index (κ1) is 22.2. The van der Waals surface area contributed by atoms with Crippen molar-refractivity contribution in [3.8, 4) is 0 Å². The van der Waals surface area contributed by atoms with Crippen molar-refractivity contribution in [3.63, 3.8) is 0 Å². The van der Waals surface area contributed by atoms with Crippen molar-refractivity contribution in [1.29, 1.82) is 0 Å². The second-order valence-electron chi connectivity index (χ2n) is 8.64. The number of fused-ring (bicyclic) bond motifs is 1. The lowest BCUT2D eigenvalue weighted by Crippen LogP contribution is -2.51. The molecule has 3 N–H and O–H groups in total. The van der Waals surface area contributed by atoms with Crippen LogP contribution in [0, 0.1) is 11.8 Å². The quantitative estimate of drug-likeness (QED) is 0.330. The van der Waals surface area contributed by atoms with Crippen LogP contribution >= 0.6 is 0 Å². The number of para-hydroxylation sites is 1. The fourth-order valence-electron chi connectivity index (χ4n) is 4.77. The molecule has 1 aromatic carbocycles. The Morgan fingerprint density at radius 1 is 1.28 bits per heavy atom. The molecule has 9 heteroatoms. The van der Waals surface area contributed by atoms with Crippen LogP contribution in [0.1, 0.15) is 38.5 Å². The van der Waals surface area contributed by atoms with Gasteiger partial charge in [-0.15, -0.1) is 0 Å². The highest BCUT2D eigenvalue weighted by atomic mass is 16.5. The molecule has 2 aromatic rings. The second kappa shape index (κ2) is 10.1. The lowest BCUT2D eigenvalue weighted by molar-refractivity contribution is -0.159. The number of carbonyl (C=O) groups is 3. The average molecular weight is 440 g/mol. The monoisotopic (exact) mass is 439 g/mol. The summed E-state index contributed by atoms with van der Waals surface area (Å²) < 4.78 is 0. The molecular formula is C23H29N5O4. The number of hydrogen-bond donors (Lipinski definition) is 3. The summed E-state index contributed by atoms with van der Waals surface area (Å²) in [5, 5.41) is 15.4. The number of aromatic nitrogens is 1. The summed E-state index contributed by atoms with van der Waals surface area (Å²) in [4.78, 5) is 41.7. The molecule has 2 unspecified atom stereocenters. The Bertz CT molecular complexity index is 978. The van der Waals surface area contributed by atoms with E-state index in [4.69, 9.17) is 0 Å². The van der Waals surface area contributed by atoms with E-state index in [2.05, 4.69) is 15.7 Å². The number of anilines is 1. The molecule has 170 valence electrons. The van der Waals surface area contributed by atoms with Crippen molar-refractivity contribution in [2.24, 2.45) is 11.8 Å². The molecular weight excluding hydrogens is 410 g/mol. The van der Waals surface area contributed by atoms with Gasteiger partial charge in [0.2, 0.25) is 18.2 Å². The van der Waals surface area contributed by atoms with Gasteiger partial charge in [0.1, 0.15) is 6.04 Å². The van der Waals surface area contributed by atoms with Gasteiger partial charge in [0.25, 0.3) is 0 Å². The summed E-state index contributed by atoms with van der Waals surface area (Å²) in [6, 6.07) is 8.81. The lowest BCUT2D eigenvalue weighted by Gasteiger charge is -2.29. The zero-order valence-corrected chi connectivity index (χ0v) is 17.9. The first-order chi connectivity index (χ1) is 15.5. The number of hydroxylamine groups is 2. The van der Waals surface area contributed by atoms with Crippen LogP contribution < -0.4 is 10.7 Å². The third-order valence-corrected chi connectivity index (χ3v) is 6.38. The first-order valence-corrected chi connectivity index (χ1v) is 11.2. The first-order valence-electron chi connectivity index (χ1n) is 11.2. The summed E-state index contributed by atoms with van der Waals surface area (Å²) in [5.74, 6) is -0.748. The standard InChI is InChI=1S/C23H29N5O4/c29-15-27(32)14-18(11-16-5-1-2-6-16)23(31)28-21(9-10-25-28)22(30)26-19-12-17-7-3-4-8-20(17)24-13-19/h3-4,7-8,12-13,15-16,18,21,25,32H,1-2,5-6,9-11,14H2,(H,26,30). The Labute approximate surface area is 186 Å². The zero-order chi connectivity index (χ0) is 22.5. The van der Waals surface area contributed by atoms with Crippen LogP contribution in [0.4, 0.5) is 5.69 Å². The number of benzene rings is 1. The number of amides is 3. The highest BCUT2D eigenvalue weighted by Crippen LogP contribution is 2.31. The van der Waals surface area contributed by atoms with Crippen LogP contribution in [0.2, 0.25) is 0 Å². The van der Waals surface area contributed by atoms with Gasteiger partial charge < -0.3 is 5.32 Å². The smallest absolute Gasteiger partial charge is 0.248 e. The van der Waals surface area contributed by atoms with Gasteiger partial charge in [-0.25, -0.2) is 10.5 Å². The van der Waals surface area contributed by atoms with Gasteiger partial charge >= 0.3 is 0 Å². The van der Waals surface area contributed by atoms with Gasteiger partial charge in [-0.2, -0.15) is 0 Å². The van der Waals surface area contributed by atoms with Crippen molar-refractivity contribution in [2.75, 3.05) is 18.4 Å². The van der Waals surface area contributed by atoms with E-state index < -0.39 is 12.0 Å². The van der Waals surface area contributed by atoms with Crippen LogP contribution in [0.5, 0.6) is 0 Å². The Morgan fingerprint density at radius 3 is 2.84 bits per heavy atom. The van der Waals surface area contributed by atoms with E-state index in [-0.39, 0.29) is 18.4 Å². The Hall–Kier alpha value is -3.04. The molecule has 2 aliphatic rings. The van der Waals surface area contributed by atoms with E-state index in [1.807, 2.05) is 30.3 Å². The molecule has 1 aromatic heterocycles. The van der Waals surface area contributed by atoms with E-state index in [1.54, 1.807) is 6.20 Å². The summed E-state index contributed by atoms with van der Waals surface area (Å²) in [7, 11) is 0. The number of hydrogen-bond acceptors (Lipinski definition) is 6. The third-order valence-electron chi connectivity index (χ3n) is 6.38. The highest BCUT2D eigenvalue weighted by molar-refractivity contribution is 5.98. The van der Waals surface area contributed by atoms with Gasteiger partial charge in [-0.1, -0.05) is 43.9 Å². The number of rotatable bonds is 8. The van der Waals surface area contributed by atoms with Crippen molar-refractivity contribution in [3.05, 3.63) is 36.5 Å². The Morgan fingerprint density at radius 2 is 2.06 bits per heavy atom. The SMILES string of the molecule is O=CN(O)CC(CC1CCCC1)C(=O)N1NCCC1C(=O)Nc1cnc2ccccc2c1. The largest absolute Gasteiger partial charge is 0.323 e. The zero-order valence-electron chi connectivity index (χ0n) is 17.9. The number of hydrazine groups is 1. The van der Waals surface area contributed by atoms with Crippen molar-refractivity contribution >= 4 is 34.8 Å². The number of pyridine rings is 1. The fourth-order valence-corrected chi connectivity index (χ4v) is 4.77. The minimum atomic E-state index is -0.677. The predicted molar refractivity (Wildman–Crippen MR) is 118 cm³/mol. The van der Waals surface area contributed by atoms with Crippen molar-refractivity contribution in [1.82, 2.24) is 20.5 Å². The van der Waals surface area contributed by atoms with Gasteiger partial charge in [-0.05, 0) is 30.9 Å². The molecule has 4 rings (SSSR count). The minimum Gasteiger partial charge on any atom is -0.323 e. The van der Waals surface area contributed by atoms with Crippen LogP contribution in [0.3, 0.4) is 0 Å². The van der Waals surface area contributed by atoms with Crippen molar-refractivity contribution < 1.29 is 19.6 Å². The molecule has 3 amide bonds. The molecule has 1 aliphatic carbocycles. The molecule has 0 spiro atoms. The minimum absolute atomic E-state index is 0.0834. The van der Waals surface area contributed by atoms with E-state index in [9.17, 15) is 19.6 Å². The van der Waals surface area contributed by atoms with Crippen LogP contribution in [-0.2, 0) is 14.4 Å². The fraction of sp³-hybridized carbons (Fsp3) is 0.478. The molecule has 2 heterocycles. The normalized spacial score (nSPS) is 19.8. The molecule has 2 fully saturated rings. The molecule has 2 atom stereocenters. The van der Waals surface area contributed by atoms with E-state index in [0.29, 0.717) is 42.5 Å². The maximum Gasteiger partial charge on any atom is 0.248 e. The van der Waals surface area contributed by atoms with Crippen molar-refractivity contribution in [2.45, 2.75) is 44.6 Å². The topological polar surface area (TPSA) is 115 Å². The van der Waals surface area contributed by atoms with E-state index >= 15 is 0 Å². The van der Waals surface area contributed by atoms with Crippen LogP contribution in [0.25, 0.3) is 10.9 Å². The van der Waals surface area contributed by atoms with E-state index in [1.165, 1.54) is 5.01 Å². The summed E-state index contributed by atoms with van der Waals surface area (Å²) in [6.07, 6.45) is 7.33. The maximum absolute atomic E-state index is 13.3. The number of nitrogens with one attached hydrogen (secondary N) is 2. The van der Waals surface area contributed by atoms with Crippen LogP contribution in [0.15, 0.2) is 36.5 Å². The highest BCUT2D eigenvalue weighted by Gasteiger charge is 2.39. The summed E-state index contributed by atoms with van der Waals surface area (Å²) >= 11 is 0. The molecule has 1 saturated heterocycles. The molecule has 32 heavy (non-hydrogen) atoms. The van der Waals surface area contributed by atoms with Gasteiger partial charge in [0.05, 0.1) is 29.9 Å². The molecule has 0 radical (unpaired) electrons. The Kier molecular flexibility index (Phi) is 6.96. The number of carbonyl (C=O) groups excluding carboxylic acids is 3. The van der Waals surface area contributed by atoms with Gasteiger partial charge in [-0.3, -0.25) is 29.6 Å². The Balaban J connectivity index is 1.46. The second-order valence-corrected chi connectivity index (χ2v) is 8.64. The molecule has 0 bridgehead atoms. The third kappa shape index (κ3) is 5.05. The summed E-state index contributed by atoms with van der Waals surface area (Å²) in [6.45, 7) is 0.409. The number of nitrogens with zero attached hydrogens (tertiary/aromatic N) is 3. The van der Waals surface area contributed by atoms with Gasteiger partial charge in [0.15, 0.2) is 0 Å². The molecule has 9 nitrogen and oxygen atoms in total.